The summed E-state index contributed by atoms with van der Waals surface area (Å²) in [6, 6.07) is 8.83. The van der Waals surface area contributed by atoms with Crippen LogP contribution >= 0.6 is 11.3 Å². The van der Waals surface area contributed by atoms with Gasteiger partial charge in [0.25, 0.3) is 0 Å². The Kier molecular flexibility index (Phi) is 4.99. The molecular formula is C19H21FN4OS. The van der Waals surface area contributed by atoms with Crippen LogP contribution in [0.25, 0.3) is 10.1 Å². The molecule has 1 fully saturated rings. The predicted molar refractivity (Wildman–Crippen MR) is 103 cm³/mol. The number of thiophene rings is 1. The van der Waals surface area contributed by atoms with Gasteiger partial charge in [0.1, 0.15) is 23.8 Å². The molecule has 0 amide bonds. The molecule has 0 radical (unpaired) electrons. The van der Waals surface area contributed by atoms with Gasteiger partial charge in [-0.1, -0.05) is 0 Å². The van der Waals surface area contributed by atoms with E-state index in [0.717, 1.165) is 52.5 Å². The molecule has 26 heavy (non-hydrogen) atoms. The first-order valence-corrected chi connectivity index (χ1v) is 9.62. The van der Waals surface area contributed by atoms with Crippen LogP contribution < -0.4 is 10.2 Å². The van der Waals surface area contributed by atoms with Gasteiger partial charge in [0.05, 0.1) is 6.54 Å². The Labute approximate surface area is 155 Å². The highest BCUT2D eigenvalue weighted by atomic mass is 32.1. The van der Waals surface area contributed by atoms with E-state index in [2.05, 4.69) is 20.2 Å². The first-order valence-electron chi connectivity index (χ1n) is 8.81. The van der Waals surface area contributed by atoms with E-state index in [4.69, 9.17) is 0 Å². The summed E-state index contributed by atoms with van der Waals surface area (Å²) in [6.07, 6.45) is 3.70. The Balaban J connectivity index is 1.44. The Morgan fingerprint density at radius 1 is 1.27 bits per heavy atom. The number of anilines is 2. The van der Waals surface area contributed by atoms with Gasteiger partial charge >= 0.3 is 0 Å². The van der Waals surface area contributed by atoms with Crippen molar-refractivity contribution in [3.05, 3.63) is 47.4 Å². The van der Waals surface area contributed by atoms with E-state index < -0.39 is 0 Å². The number of hydrogen-bond donors (Lipinski definition) is 2. The molecule has 2 aromatic heterocycles. The van der Waals surface area contributed by atoms with Crippen LogP contribution in [0.2, 0.25) is 0 Å². The van der Waals surface area contributed by atoms with E-state index in [1.54, 1.807) is 23.7 Å². The second kappa shape index (κ2) is 7.55. The topological polar surface area (TPSA) is 61.3 Å². The van der Waals surface area contributed by atoms with Crippen LogP contribution in [-0.4, -0.2) is 34.8 Å². The lowest BCUT2D eigenvalue weighted by molar-refractivity contribution is 0.208. The SMILES string of the molecule is OCC1CCCN(c2cc(NCc3cc4cc(F)ccc4s3)ncn2)C1. The first kappa shape index (κ1) is 17.2. The second-order valence-corrected chi connectivity index (χ2v) is 7.82. The summed E-state index contributed by atoms with van der Waals surface area (Å²) in [6.45, 7) is 2.64. The number of halogens is 1. The highest BCUT2D eigenvalue weighted by molar-refractivity contribution is 7.19. The number of aromatic nitrogens is 2. The molecule has 7 heteroatoms. The number of rotatable bonds is 5. The Morgan fingerprint density at radius 2 is 2.19 bits per heavy atom. The quantitative estimate of drug-likeness (QED) is 0.716. The maximum atomic E-state index is 13.3. The Hall–Kier alpha value is -2.25. The van der Waals surface area contributed by atoms with Crippen molar-refractivity contribution in [2.24, 2.45) is 5.92 Å². The standard InChI is InChI=1S/C19H21FN4OS/c20-15-3-4-17-14(6-15)7-16(26-17)9-21-18-8-19(23-12-22-18)24-5-1-2-13(10-24)11-25/h3-4,6-8,12-13,25H,1-2,5,9-11H2,(H,21,22,23). The third kappa shape index (κ3) is 3.78. The number of nitrogens with one attached hydrogen (secondary N) is 1. The molecule has 1 aliphatic heterocycles. The smallest absolute Gasteiger partial charge is 0.134 e. The summed E-state index contributed by atoms with van der Waals surface area (Å²) < 4.78 is 14.4. The van der Waals surface area contributed by atoms with Gasteiger partial charge in [0.2, 0.25) is 0 Å². The first-order chi connectivity index (χ1) is 12.7. The third-order valence-corrected chi connectivity index (χ3v) is 5.84. The molecule has 1 aliphatic rings. The average Bonchev–Trinajstić information content (AvgIpc) is 3.08. The molecule has 4 rings (SSSR count). The molecule has 0 aliphatic carbocycles. The number of benzene rings is 1. The number of aliphatic hydroxyl groups excluding tert-OH is 1. The maximum absolute atomic E-state index is 13.3. The number of piperidine rings is 1. The molecule has 2 N–H and O–H groups in total. The molecule has 3 aromatic rings. The summed E-state index contributed by atoms with van der Waals surface area (Å²) in [5, 5.41) is 13.7. The van der Waals surface area contributed by atoms with Crippen molar-refractivity contribution in [1.82, 2.24) is 9.97 Å². The van der Waals surface area contributed by atoms with Crippen molar-refractivity contribution >= 4 is 33.1 Å². The molecule has 0 bridgehead atoms. The predicted octanol–water partition coefficient (Wildman–Crippen LogP) is 3.65. The van der Waals surface area contributed by atoms with Crippen molar-refractivity contribution in [2.45, 2.75) is 19.4 Å². The van der Waals surface area contributed by atoms with Crippen LogP contribution in [0.15, 0.2) is 36.7 Å². The monoisotopic (exact) mass is 372 g/mol. The van der Waals surface area contributed by atoms with Crippen LogP contribution in [0, 0.1) is 11.7 Å². The number of aliphatic hydroxyl groups is 1. The van der Waals surface area contributed by atoms with Crippen LogP contribution in [0.4, 0.5) is 16.0 Å². The molecule has 136 valence electrons. The largest absolute Gasteiger partial charge is 0.396 e. The van der Waals surface area contributed by atoms with Crippen LogP contribution in [0.1, 0.15) is 17.7 Å². The summed E-state index contributed by atoms with van der Waals surface area (Å²) in [7, 11) is 0. The van der Waals surface area contributed by atoms with Crippen molar-refractivity contribution in [3.63, 3.8) is 0 Å². The highest BCUT2D eigenvalue weighted by Crippen LogP contribution is 2.27. The summed E-state index contributed by atoms with van der Waals surface area (Å²) >= 11 is 1.65. The van der Waals surface area contributed by atoms with Gasteiger partial charge in [-0.15, -0.1) is 11.3 Å². The maximum Gasteiger partial charge on any atom is 0.134 e. The van der Waals surface area contributed by atoms with Crippen molar-refractivity contribution < 1.29 is 9.50 Å². The molecule has 1 saturated heterocycles. The number of fused-ring (bicyclic) bond motifs is 1. The second-order valence-electron chi connectivity index (χ2n) is 6.65. The van der Waals surface area contributed by atoms with Crippen LogP contribution in [-0.2, 0) is 6.54 Å². The third-order valence-electron chi connectivity index (χ3n) is 4.73. The van der Waals surface area contributed by atoms with Crippen LogP contribution in [0.3, 0.4) is 0 Å². The van der Waals surface area contributed by atoms with Gasteiger partial charge in [-0.3, -0.25) is 0 Å². The van der Waals surface area contributed by atoms with Gasteiger partial charge in [0.15, 0.2) is 0 Å². The lowest BCUT2D eigenvalue weighted by Gasteiger charge is -2.32. The molecule has 3 heterocycles. The van der Waals surface area contributed by atoms with Crippen molar-refractivity contribution in [3.8, 4) is 0 Å². The minimum Gasteiger partial charge on any atom is -0.396 e. The van der Waals surface area contributed by atoms with E-state index in [-0.39, 0.29) is 12.4 Å². The zero-order valence-corrected chi connectivity index (χ0v) is 15.2. The minimum absolute atomic E-state index is 0.210. The Morgan fingerprint density at radius 3 is 3.08 bits per heavy atom. The van der Waals surface area contributed by atoms with E-state index in [0.29, 0.717) is 12.5 Å². The lowest BCUT2D eigenvalue weighted by atomic mass is 9.99. The normalized spacial score (nSPS) is 17.6. The van der Waals surface area contributed by atoms with Gasteiger partial charge in [-0.25, -0.2) is 14.4 Å². The molecule has 0 saturated carbocycles. The van der Waals surface area contributed by atoms with Gasteiger partial charge < -0.3 is 15.3 Å². The van der Waals surface area contributed by atoms with Crippen molar-refractivity contribution in [2.75, 3.05) is 29.9 Å². The van der Waals surface area contributed by atoms with Gasteiger partial charge in [0, 0.05) is 35.3 Å². The molecular weight excluding hydrogens is 351 g/mol. The molecule has 1 unspecified atom stereocenters. The molecule has 1 aromatic carbocycles. The molecule has 5 nitrogen and oxygen atoms in total. The zero-order chi connectivity index (χ0) is 17.9. The van der Waals surface area contributed by atoms with Crippen molar-refractivity contribution in [1.29, 1.82) is 0 Å². The Bertz CT molecular complexity index is 900. The summed E-state index contributed by atoms with van der Waals surface area (Å²) in [5.74, 6) is 1.76. The summed E-state index contributed by atoms with van der Waals surface area (Å²) in [5.41, 5.74) is 0. The van der Waals surface area contributed by atoms with E-state index >= 15 is 0 Å². The van der Waals surface area contributed by atoms with E-state index in [9.17, 15) is 9.50 Å². The van der Waals surface area contributed by atoms with E-state index in [1.807, 2.05) is 18.2 Å². The highest BCUT2D eigenvalue weighted by Gasteiger charge is 2.20. The van der Waals surface area contributed by atoms with E-state index in [1.165, 1.54) is 6.07 Å². The fourth-order valence-corrected chi connectivity index (χ4v) is 4.36. The summed E-state index contributed by atoms with van der Waals surface area (Å²) in [4.78, 5) is 12.0. The van der Waals surface area contributed by atoms with Gasteiger partial charge in [-0.2, -0.15) is 0 Å². The molecule has 1 atom stereocenters. The number of hydrogen-bond acceptors (Lipinski definition) is 6. The average molecular weight is 372 g/mol. The van der Waals surface area contributed by atoms with Gasteiger partial charge in [-0.05, 0) is 48.4 Å². The number of nitrogens with zero attached hydrogens (tertiary/aromatic N) is 3. The fraction of sp³-hybridized carbons (Fsp3) is 0.368. The minimum atomic E-state index is -0.210. The zero-order valence-electron chi connectivity index (χ0n) is 14.4. The molecule has 0 spiro atoms. The lowest BCUT2D eigenvalue weighted by Crippen LogP contribution is -2.37. The van der Waals surface area contributed by atoms with Crippen LogP contribution in [0.5, 0.6) is 0 Å². The fourth-order valence-electron chi connectivity index (χ4n) is 3.37.